The van der Waals surface area contributed by atoms with Crippen molar-refractivity contribution in [2.75, 3.05) is 13.1 Å². The van der Waals surface area contributed by atoms with Crippen LogP contribution in [-0.2, 0) is 18.6 Å². The lowest BCUT2D eigenvalue weighted by molar-refractivity contribution is 0.326. The smallest absolute Gasteiger partial charge is 0.122 e. The van der Waals surface area contributed by atoms with E-state index in [4.69, 9.17) is 4.98 Å². The first-order valence-corrected chi connectivity index (χ1v) is 12.0. The van der Waals surface area contributed by atoms with Crippen LogP contribution in [0.25, 0.3) is 0 Å². The molecule has 0 saturated carbocycles. The summed E-state index contributed by atoms with van der Waals surface area (Å²) in [6.45, 7) is 3.95. The van der Waals surface area contributed by atoms with E-state index in [1.165, 1.54) is 29.5 Å². The zero-order valence-corrected chi connectivity index (χ0v) is 19.0. The predicted octanol–water partition coefficient (Wildman–Crippen LogP) is 4.96. The molecule has 33 heavy (non-hydrogen) atoms. The van der Waals surface area contributed by atoms with Crippen molar-refractivity contribution in [3.05, 3.63) is 126 Å². The highest BCUT2D eigenvalue weighted by atomic mass is 15.1. The third-order valence-corrected chi connectivity index (χ3v) is 6.85. The standard InChI is InChI=1S/C29H32N4/c1-4-10-25(11-5-1)29(26-12-6-2-7-13-26,27-14-8-3-9-15-27)32-22-28-31-20-21-33(28)23-24-16-18-30-19-17-24/h1-15,20-21,24,30,32H,16-19,22-23H2. The maximum atomic E-state index is 4.75. The topological polar surface area (TPSA) is 41.9 Å². The van der Waals surface area contributed by atoms with Gasteiger partial charge in [0.15, 0.2) is 0 Å². The zero-order valence-electron chi connectivity index (χ0n) is 19.0. The fourth-order valence-electron chi connectivity index (χ4n) is 5.10. The maximum absolute atomic E-state index is 4.75. The van der Waals surface area contributed by atoms with Gasteiger partial charge in [0.2, 0.25) is 0 Å². The summed E-state index contributed by atoms with van der Waals surface area (Å²) in [4.78, 5) is 4.75. The number of aromatic nitrogens is 2. The summed E-state index contributed by atoms with van der Waals surface area (Å²) in [5, 5.41) is 7.44. The zero-order chi connectivity index (χ0) is 22.3. The summed E-state index contributed by atoms with van der Waals surface area (Å²) >= 11 is 0. The summed E-state index contributed by atoms with van der Waals surface area (Å²) in [5.74, 6) is 1.79. The van der Waals surface area contributed by atoms with E-state index < -0.39 is 5.54 Å². The molecule has 3 aromatic carbocycles. The number of nitrogens with zero attached hydrogens (tertiary/aromatic N) is 2. The molecule has 2 N–H and O–H groups in total. The Labute approximate surface area is 196 Å². The maximum Gasteiger partial charge on any atom is 0.122 e. The van der Waals surface area contributed by atoms with E-state index in [-0.39, 0.29) is 0 Å². The second-order valence-electron chi connectivity index (χ2n) is 8.89. The average molecular weight is 437 g/mol. The minimum atomic E-state index is -0.477. The van der Waals surface area contributed by atoms with Gasteiger partial charge in [0.05, 0.1) is 12.1 Å². The summed E-state index contributed by atoms with van der Waals surface area (Å²) < 4.78 is 2.34. The third-order valence-electron chi connectivity index (χ3n) is 6.85. The largest absolute Gasteiger partial charge is 0.334 e. The molecule has 2 heterocycles. The Hall–Kier alpha value is -3.21. The van der Waals surface area contributed by atoms with Gasteiger partial charge >= 0.3 is 0 Å². The van der Waals surface area contributed by atoms with Crippen LogP contribution in [0.5, 0.6) is 0 Å². The first kappa shape index (κ1) is 21.6. The lowest BCUT2D eigenvalue weighted by Gasteiger charge is -2.37. The number of nitrogens with one attached hydrogen (secondary N) is 2. The molecule has 1 fully saturated rings. The molecule has 4 nitrogen and oxygen atoms in total. The normalized spacial score (nSPS) is 14.9. The van der Waals surface area contributed by atoms with Crippen LogP contribution in [0.15, 0.2) is 103 Å². The fraction of sp³-hybridized carbons (Fsp3) is 0.276. The van der Waals surface area contributed by atoms with Crippen molar-refractivity contribution in [3.63, 3.8) is 0 Å². The van der Waals surface area contributed by atoms with Crippen LogP contribution in [0.4, 0.5) is 0 Å². The van der Waals surface area contributed by atoms with E-state index in [1.807, 2.05) is 6.20 Å². The van der Waals surface area contributed by atoms with Crippen LogP contribution in [0, 0.1) is 5.92 Å². The molecule has 1 aliphatic heterocycles. The third kappa shape index (κ3) is 4.63. The summed E-state index contributed by atoms with van der Waals surface area (Å²) in [6, 6.07) is 32.3. The van der Waals surface area contributed by atoms with Gasteiger partial charge in [0.1, 0.15) is 5.82 Å². The molecular formula is C29H32N4. The predicted molar refractivity (Wildman–Crippen MR) is 134 cm³/mol. The number of piperidine rings is 1. The summed E-state index contributed by atoms with van der Waals surface area (Å²) in [6.07, 6.45) is 6.53. The van der Waals surface area contributed by atoms with Crippen LogP contribution < -0.4 is 10.6 Å². The summed E-state index contributed by atoms with van der Waals surface area (Å²) in [5.41, 5.74) is 3.19. The molecule has 5 rings (SSSR count). The van der Waals surface area contributed by atoms with Gasteiger partial charge in [-0.05, 0) is 48.5 Å². The monoisotopic (exact) mass is 436 g/mol. The molecule has 1 aromatic heterocycles. The first-order chi connectivity index (χ1) is 16.4. The van der Waals surface area contributed by atoms with Crippen LogP contribution in [0.2, 0.25) is 0 Å². The number of hydrogen-bond acceptors (Lipinski definition) is 3. The van der Waals surface area contributed by atoms with E-state index in [0.717, 1.165) is 25.5 Å². The van der Waals surface area contributed by atoms with Gasteiger partial charge in [-0.25, -0.2) is 4.98 Å². The molecule has 0 amide bonds. The van der Waals surface area contributed by atoms with E-state index in [0.29, 0.717) is 12.5 Å². The molecule has 4 aromatic rings. The molecule has 0 bridgehead atoms. The van der Waals surface area contributed by atoms with Crippen molar-refractivity contribution < 1.29 is 0 Å². The van der Waals surface area contributed by atoms with Crippen molar-refractivity contribution in [2.45, 2.75) is 31.5 Å². The molecular weight excluding hydrogens is 404 g/mol. The first-order valence-electron chi connectivity index (χ1n) is 12.0. The minimum absolute atomic E-state index is 0.477. The van der Waals surface area contributed by atoms with Gasteiger partial charge in [0, 0.05) is 18.9 Å². The minimum Gasteiger partial charge on any atom is -0.334 e. The number of imidazole rings is 1. The lowest BCUT2D eigenvalue weighted by atomic mass is 9.77. The van der Waals surface area contributed by atoms with Gasteiger partial charge in [-0.3, -0.25) is 5.32 Å². The number of benzene rings is 3. The number of rotatable bonds is 8. The molecule has 168 valence electrons. The molecule has 0 atom stereocenters. The Bertz CT molecular complexity index is 1020. The Morgan fingerprint density at radius 1 is 0.788 bits per heavy atom. The highest BCUT2D eigenvalue weighted by Crippen LogP contribution is 2.37. The molecule has 0 radical (unpaired) electrons. The molecule has 0 aliphatic carbocycles. The van der Waals surface area contributed by atoms with E-state index in [2.05, 4.69) is 112 Å². The highest BCUT2D eigenvalue weighted by molar-refractivity contribution is 5.49. The average Bonchev–Trinajstić information content (AvgIpc) is 3.34. The highest BCUT2D eigenvalue weighted by Gasteiger charge is 2.36. The van der Waals surface area contributed by atoms with Crippen molar-refractivity contribution in [2.24, 2.45) is 5.92 Å². The van der Waals surface area contributed by atoms with Crippen molar-refractivity contribution in [1.82, 2.24) is 20.2 Å². The lowest BCUT2D eigenvalue weighted by Crippen LogP contribution is -2.44. The van der Waals surface area contributed by atoms with Crippen LogP contribution in [0.1, 0.15) is 35.4 Å². The molecule has 0 spiro atoms. The summed E-state index contributed by atoms with van der Waals surface area (Å²) in [7, 11) is 0. The Morgan fingerprint density at radius 3 is 1.82 bits per heavy atom. The fourth-order valence-corrected chi connectivity index (χ4v) is 5.10. The van der Waals surface area contributed by atoms with Crippen molar-refractivity contribution in [3.8, 4) is 0 Å². The van der Waals surface area contributed by atoms with Crippen LogP contribution >= 0.6 is 0 Å². The molecule has 1 saturated heterocycles. The van der Waals surface area contributed by atoms with Crippen LogP contribution in [-0.4, -0.2) is 22.6 Å². The van der Waals surface area contributed by atoms with Crippen molar-refractivity contribution in [1.29, 1.82) is 0 Å². The van der Waals surface area contributed by atoms with E-state index >= 15 is 0 Å². The van der Waals surface area contributed by atoms with Gasteiger partial charge < -0.3 is 9.88 Å². The molecule has 0 unspecified atom stereocenters. The number of hydrogen-bond donors (Lipinski definition) is 2. The Morgan fingerprint density at radius 2 is 1.30 bits per heavy atom. The SMILES string of the molecule is c1ccc(C(NCc2nccn2CC2CCNCC2)(c2ccccc2)c2ccccc2)cc1. The van der Waals surface area contributed by atoms with Gasteiger partial charge in [-0.1, -0.05) is 91.0 Å². The van der Waals surface area contributed by atoms with Gasteiger partial charge in [-0.15, -0.1) is 0 Å². The van der Waals surface area contributed by atoms with Gasteiger partial charge in [0.25, 0.3) is 0 Å². The van der Waals surface area contributed by atoms with Crippen LogP contribution in [0.3, 0.4) is 0 Å². The Balaban J connectivity index is 1.52. The van der Waals surface area contributed by atoms with Gasteiger partial charge in [-0.2, -0.15) is 0 Å². The Kier molecular flexibility index (Phi) is 6.66. The molecule has 1 aliphatic rings. The van der Waals surface area contributed by atoms with E-state index in [1.54, 1.807) is 0 Å². The quantitative estimate of drug-likeness (QED) is 0.384. The van der Waals surface area contributed by atoms with E-state index in [9.17, 15) is 0 Å². The second kappa shape index (κ2) is 10.2. The second-order valence-corrected chi connectivity index (χ2v) is 8.89. The molecule has 4 heteroatoms. The van der Waals surface area contributed by atoms with Crippen molar-refractivity contribution >= 4 is 0 Å².